The molecule has 0 aliphatic rings. The lowest BCUT2D eigenvalue weighted by molar-refractivity contribution is -0.304. The molecule has 0 fully saturated rings. The predicted molar refractivity (Wildman–Crippen MR) is 164 cm³/mol. The number of nitrogens with one attached hydrogen (secondary N) is 1. The van der Waals surface area contributed by atoms with Crippen LogP contribution in [-0.4, -0.2) is 30.5 Å². The lowest BCUT2D eigenvalue weighted by atomic mass is 10.1. The van der Waals surface area contributed by atoms with Crippen molar-refractivity contribution in [2.24, 2.45) is 4.99 Å². The number of hydrogen-bond acceptors (Lipinski definition) is 3. The summed E-state index contributed by atoms with van der Waals surface area (Å²) in [5, 5.41) is 3.69. The van der Waals surface area contributed by atoms with Crippen LogP contribution in [0.4, 0.5) is 17.1 Å². The van der Waals surface area contributed by atoms with Gasteiger partial charge in [-0.15, -0.1) is 4.99 Å². The zero-order valence-corrected chi connectivity index (χ0v) is 22.9. The number of amidine groups is 2. The quantitative estimate of drug-likeness (QED) is 0.133. The Morgan fingerprint density at radius 2 is 1.12 bits per heavy atom. The fraction of sp³-hybridized carbons (Fsp3) is 0.0857. The van der Waals surface area contributed by atoms with Crippen LogP contribution in [-0.2, 0) is 0 Å². The minimum Gasteiger partial charge on any atom is -0.497 e. The molecule has 0 spiro atoms. The van der Waals surface area contributed by atoms with Crippen LogP contribution in [0.2, 0.25) is 0 Å². The standard InChI is InChI=1S/C35H31N3O2/c1-26-14-16-29(17-15-26)36-34(27-10-6-4-7-11-27)38(31-20-24-33(40-3)25-21-31)35(28-12-8-5-9-13-28)37-30-18-22-32(39-2)23-19-30/h4-25H,1-3H3/p+1. The molecule has 0 amide bonds. The molecule has 5 heteroatoms. The van der Waals surface area contributed by atoms with E-state index in [0.717, 1.165) is 51.4 Å². The van der Waals surface area contributed by atoms with Crippen LogP contribution in [0.5, 0.6) is 11.5 Å². The number of ether oxygens (including phenoxy) is 2. The Labute approximate surface area is 235 Å². The van der Waals surface area contributed by atoms with Crippen molar-refractivity contribution in [3.05, 3.63) is 150 Å². The molecular weight excluding hydrogens is 494 g/mol. The van der Waals surface area contributed by atoms with Gasteiger partial charge in [0.15, 0.2) is 0 Å². The number of hydrogen-bond donors (Lipinski definition) is 1. The Morgan fingerprint density at radius 3 is 1.68 bits per heavy atom. The molecule has 5 rings (SSSR count). The summed E-state index contributed by atoms with van der Waals surface area (Å²) in [6.45, 7) is 2.08. The zero-order chi connectivity index (χ0) is 27.7. The molecule has 0 aliphatic carbocycles. The summed E-state index contributed by atoms with van der Waals surface area (Å²) in [5.74, 6) is 3.20. The number of nitrogens with zero attached hydrogens (tertiary/aromatic N) is 2. The Hall–Kier alpha value is -5.16. The SMILES string of the molecule is COc1ccc(NC(c2ccccc2)=[N+](C(=Nc2ccc(C)cc2)c2ccccc2)c2ccc(OC)cc2)cc1. The smallest absolute Gasteiger partial charge is 0.275 e. The van der Waals surface area contributed by atoms with Crippen LogP contribution in [0.3, 0.4) is 0 Å². The molecule has 0 aliphatic heterocycles. The molecule has 0 unspecified atom stereocenters. The minimum absolute atomic E-state index is 0.773. The van der Waals surface area contributed by atoms with Crippen LogP contribution in [0, 0.1) is 6.92 Å². The average molecular weight is 527 g/mol. The fourth-order valence-corrected chi connectivity index (χ4v) is 4.33. The van der Waals surface area contributed by atoms with Crippen molar-refractivity contribution in [3.63, 3.8) is 0 Å². The molecule has 0 radical (unpaired) electrons. The summed E-state index contributed by atoms with van der Waals surface area (Å²) in [5.41, 5.74) is 5.87. The number of anilines is 1. The second kappa shape index (κ2) is 12.6. The first-order valence-electron chi connectivity index (χ1n) is 13.1. The first-order valence-corrected chi connectivity index (χ1v) is 13.1. The Kier molecular flexibility index (Phi) is 8.32. The molecule has 0 heterocycles. The topological polar surface area (TPSA) is 45.9 Å². The van der Waals surface area contributed by atoms with Gasteiger partial charge in [-0.05, 0) is 91.9 Å². The third kappa shape index (κ3) is 6.27. The molecule has 0 atom stereocenters. The van der Waals surface area contributed by atoms with E-state index in [0.29, 0.717) is 0 Å². The first-order chi connectivity index (χ1) is 19.6. The van der Waals surface area contributed by atoms with E-state index in [2.05, 4.69) is 53.2 Å². The highest BCUT2D eigenvalue weighted by atomic mass is 16.5. The minimum atomic E-state index is 0.773. The highest BCUT2D eigenvalue weighted by Crippen LogP contribution is 2.25. The number of rotatable bonds is 7. The highest BCUT2D eigenvalue weighted by molar-refractivity contribution is 6.10. The van der Waals surface area contributed by atoms with Gasteiger partial charge in [0.05, 0.1) is 25.5 Å². The Balaban J connectivity index is 1.82. The van der Waals surface area contributed by atoms with Crippen LogP contribution in [0.1, 0.15) is 16.7 Å². The van der Waals surface area contributed by atoms with Crippen LogP contribution in [0.15, 0.2) is 138 Å². The second-order valence-corrected chi connectivity index (χ2v) is 9.24. The molecule has 1 N–H and O–H groups in total. The van der Waals surface area contributed by atoms with Crippen molar-refractivity contribution in [1.82, 2.24) is 0 Å². The van der Waals surface area contributed by atoms with E-state index in [1.54, 1.807) is 14.2 Å². The third-order valence-corrected chi connectivity index (χ3v) is 6.47. The number of benzene rings is 5. The van der Waals surface area contributed by atoms with Crippen molar-refractivity contribution in [3.8, 4) is 11.5 Å². The molecule has 5 aromatic rings. The van der Waals surface area contributed by atoms with Crippen molar-refractivity contribution >= 4 is 28.7 Å². The lowest BCUT2D eigenvalue weighted by Gasteiger charge is -2.17. The van der Waals surface area contributed by atoms with Gasteiger partial charge < -0.3 is 9.47 Å². The molecule has 40 heavy (non-hydrogen) atoms. The van der Waals surface area contributed by atoms with Gasteiger partial charge in [0.2, 0.25) is 5.84 Å². The van der Waals surface area contributed by atoms with Gasteiger partial charge in [-0.25, -0.2) is 0 Å². The van der Waals surface area contributed by atoms with Crippen molar-refractivity contribution in [2.75, 3.05) is 19.5 Å². The number of methoxy groups -OCH3 is 2. The van der Waals surface area contributed by atoms with Gasteiger partial charge in [0.25, 0.3) is 5.84 Å². The highest BCUT2D eigenvalue weighted by Gasteiger charge is 2.25. The number of aliphatic imine (C=N–C) groups is 1. The van der Waals surface area contributed by atoms with Gasteiger partial charge in [-0.1, -0.05) is 54.1 Å². The summed E-state index contributed by atoms with van der Waals surface area (Å²) < 4.78 is 13.0. The fourth-order valence-electron chi connectivity index (χ4n) is 4.33. The van der Waals surface area contributed by atoms with Crippen LogP contribution < -0.4 is 14.8 Å². The van der Waals surface area contributed by atoms with Gasteiger partial charge in [0, 0.05) is 5.56 Å². The summed E-state index contributed by atoms with van der Waals surface area (Å²) in [4.78, 5) is 5.24. The third-order valence-electron chi connectivity index (χ3n) is 6.47. The maximum Gasteiger partial charge on any atom is 0.275 e. The van der Waals surface area contributed by atoms with Gasteiger partial charge in [-0.3, -0.25) is 5.32 Å². The zero-order valence-electron chi connectivity index (χ0n) is 22.9. The molecule has 0 aromatic heterocycles. The average Bonchev–Trinajstić information content (AvgIpc) is 3.02. The summed E-state index contributed by atoms with van der Waals surface area (Å²) in [7, 11) is 3.34. The van der Waals surface area contributed by atoms with Gasteiger partial charge >= 0.3 is 0 Å². The van der Waals surface area contributed by atoms with Gasteiger partial charge in [0.1, 0.15) is 22.9 Å². The normalized spacial score (nSPS) is 11.9. The summed E-state index contributed by atoms with van der Waals surface area (Å²) in [6.07, 6.45) is 0. The maximum absolute atomic E-state index is 5.48. The first kappa shape index (κ1) is 26.4. The molecule has 198 valence electrons. The molecular formula is C35H32N3O2+. The summed E-state index contributed by atoms with van der Waals surface area (Å²) in [6, 6.07) is 44.7. The van der Waals surface area contributed by atoms with Crippen LogP contribution >= 0.6 is 0 Å². The lowest BCUT2D eigenvalue weighted by Crippen LogP contribution is -2.31. The van der Waals surface area contributed by atoms with E-state index in [1.807, 2.05) is 97.1 Å². The van der Waals surface area contributed by atoms with Crippen molar-refractivity contribution in [2.45, 2.75) is 6.92 Å². The second-order valence-electron chi connectivity index (χ2n) is 9.24. The maximum atomic E-state index is 5.48. The van der Waals surface area contributed by atoms with E-state index in [1.165, 1.54) is 5.56 Å². The Morgan fingerprint density at radius 1 is 0.600 bits per heavy atom. The molecule has 0 saturated carbocycles. The molecule has 0 saturated heterocycles. The van der Waals surface area contributed by atoms with E-state index >= 15 is 0 Å². The van der Waals surface area contributed by atoms with Gasteiger partial charge in [-0.2, -0.15) is 4.58 Å². The predicted octanol–water partition coefficient (Wildman–Crippen LogP) is 7.99. The molecule has 0 bridgehead atoms. The largest absolute Gasteiger partial charge is 0.497 e. The molecule has 5 nitrogen and oxygen atoms in total. The van der Waals surface area contributed by atoms with Crippen molar-refractivity contribution in [1.29, 1.82) is 0 Å². The van der Waals surface area contributed by atoms with Crippen molar-refractivity contribution < 1.29 is 14.0 Å². The van der Waals surface area contributed by atoms with E-state index < -0.39 is 0 Å². The van der Waals surface area contributed by atoms with E-state index in [4.69, 9.17) is 14.5 Å². The number of aryl methyl sites for hydroxylation is 1. The summed E-state index contributed by atoms with van der Waals surface area (Å²) >= 11 is 0. The van der Waals surface area contributed by atoms with E-state index in [-0.39, 0.29) is 0 Å². The Bertz CT molecular complexity index is 1590. The van der Waals surface area contributed by atoms with E-state index in [9.17, 15) is 0 Å². The van der Waals surface area contributed by atoms with Crippen LogP contribution in [0.25, 0.3) is 0 Å². The monoisotopic (exact) mass is 526 g/mol. The molecule has 5 aromatic carbocycles.